The Morgan fingerprint density at radius 3 is 2.21 bits per heavy atom. The van der Waals surface area contributed by atoms with E-state index < -0.39 is 0 Å². The molecule has 1 amide bonds. The van der Waals surface area contributed by atoms with Crippen molar-refractivity contribution in [3.8, 4) is 11.5 Å². The zero-order chi connectivity index (χ0) is 20.1. The van der Waals surface area contributed by atoms with E-state index >= 15 is 0 Å². The Balaban J connectivity index is 1.76. The van der Waals surface area contributed by atoms with Gasteiger partial charge in [0.25, 0.3) is 5.91 Å². The number of hydrogen-bond donors (Lipinski definition) is 2. The largest absolute Gasteiger partial charge is 0.496 e. The van der Waals surface area contributed by atoms with E-state index in [4.69, 9.17) is 9.47 Å². The van der Waals surface area contributed by atoms with E-state index in [1.165, 1.54) is 25.3 Å². The first-order valence-electron chi connectivity index (χ1n) is 8.85. The summed E-state index contributed by atoms with van der Waals surface area (Å²) in [7, 11) is 3.02. The fraction of sp³-hybridized carbons (Fsp3) is 0.182. The number of aromatic nitrogens is 1. The zero-order valence-electron chi connectivity index (χ0n) is 16.4. The highest BCUT2D eigenvalue weighted by Gasteiger charge is 2.18. The maximum Gasteiger partial charge on any atom is 0.264 e. The number of hydrogen-bond acceptors (Lipinski definition) is 5. The number of methoxy groups -OCH3 is 2. The number of rotatable bonds is 6. The van der Waals surface area contributed by atoms with Gasteiger partial charge in [0, 0.05) is 5.69 Å². The van der Waals surface area contributed by atoms with Crippen molar-refractivity contribution >= 4 is 23.1 Å². The Labute approximate surface area is 164 Å². The van der Waals surface area contributed by atoms with Gasteiger partial charge < -0.3 is 20.1 Å². The van der Waals surface area contributed by atoms with Gasteiger partial charge >= 0.3 is 0 Å². The third kappa shape index (κ3) is 4.06. The van der Waals surface area contributed by atoms with Crippen molar-refractivity contribution in [2.45, 2.75) is 13.8 Å². The molecule has 0 bridgehead atoms. The molecule has 0 aliphatic rings. The number of aryl methyl sites for hydroxylation is 1. The van der Waals surface area contributed by atoms with Crippen molar-refractivity contribution in [3.63, 3.8) is 0 Å². The summed E-state index contributed by atoms with van der Waals surface area (Å²) in [6.07, 6.45) is 1.68. The molecule has 3 aromatic rings. The topological polar surface area (TPSA) is 72.5 Å². The van der Waals surface area contributed by atoms with Crippen LogP contribution in [0.1, 0.15) is 21.5 Å². The Bertz CT molecular complexity index is 963. The molecular formula is C22H23N3O3. The second-order valence-corrected chi connectivity index (χ2v) is 6.30. The standard InChI is InChI=1S/C22H23N3O3/c1-14-7-5-8-17(15(14)2)24-16-11-12-20(23-13-16)25-22(26)21-18(27-3)9-6-10-19(21)28-4/h5-13,24H,1-4H3,(H,23,25,26). The minimum Gasteiger partial charge on any atom is -0.496 e. The summed E-state index contributed by atoms with van der Waals surface area (Å²) >= 11 is 0. The lowest BCUT2D eigenvalue weighted by Gasteiger charge is -2.13. The van der Waals surface area contributed by atoms with Gasteiger partial charge in [-0.2, -0.15) is 0 Å². The quantitative estimate of drug-likeness (QED) is 0.651. The van der Waals surface area contributed by atoms with Crippen molar-refractivity contribution in [2.75, 3.05) is 24.9 Å². The van der Waals surface area contributed by atoms with Gasteiger partial charge in [0.05, 0.1) is 26.1 Å². The first-order valence-corrected chi connectivity index (χ1v) is 8.85. The van der Waals surface area contributed by atoms with Crippen LogP contribution in [0, 0.1) is 13.8 Å². The van der Waals surface area contributed by atoms with Crippen LogP contribution in [0.2, 0.25) is 0 Å². The fourth-order valence-electron chi connectivity index (χ4n) is 2.84. The minimum atomic E-state index is -0.350. The van der Waals surface area contributed by atoms with Crippen LogP contribution < -0.4 is 20.1 Å². The van der Waals surface area contributed by atoms with Crippen LogP contribution >= 0.6 is 0 Å². The summed E-state index contributed by atoms with van der Waals surface area (Å²) in [6.45, 7) is 4.14. The van der Waals surface area contributed by atoms with Crippen LogP contribution in [0.15, 0.2) is 54.7 Å². The lowest BCUT2D eigenvalue weighted by atomic mass is 10.1. The fourth-order valence-corrected chi connectivity index (χ4v) is 2.84. The van der Waals surface area contributed by atoms with Crippen LogP contribution in [0.5, 0.6) is 11.5 Å². The predicted octanol–water partition coefficient (Wildman–Crippen LogP) is 4.71. The molecule has 28 heavy (non-hydrogen) atoms. The van der Waals surface area contributed by atoms with E-state index in [-0.39, 0.29) is 5.91 Å². The molecule has 0 atom stereocenters. The molecule has 0 saturated heterocycles. The van der Waals surface area contributed by atoms with E-state index in [9.17, 15) is 4.79 Å². The monoisotopic (exact) mass is 377 g/mol. The van der Waals surface area contributed by atoms with Crippen molar-refractivity contribution in [3.05, 3.63) is 71.4 Å². The van der Waals surface area contributed by atoms with Gasteiger partial charge in [0.2, 0.25) is 0 Å². The number of pyridine rings is 1. The molecule has 144 valence electrons. The van der Waals surface area contributed by atoms with Gasteiger partial charge in [0.1, 0.15) is 22.9 Å². The molecule has 0 aliphatic carbocycles. The summed E-state index contributed by atoms with van der Waals surface area (Å²) in [5.41, 5.74) is 4.58. The molecule has 2 N–H and O–H groups in total. The number of ether oxygens (including phenoxy) is 2. The highest BCUT2D eigenvalue weighted by atomic mass is 16.5. The Kier molecular flexibility index (Phi) is 5.79. The number of amides is 1. The first kappa shape index (κ1) is 19.2. The van der Waals surface area contributed by atoms with Crippen molar-refractivity contribution in [1.82, 2.24) is 4.98 Å². The van der Waals surface area contributed by atoms with E-state index in [0.29, 0.717) is 22.9 Å². The maximum absolute atomic E-state index is 12.7. The van der Waals surface area contributed by atoms with Gasteiger partial charge in [0.15, 0.2) is 0 Å². The summed E-state index contributed by atoms with van der Waals surface area (Å²) in [4.78, 5) is 17.0. The smallest absolute Gasteiger partial charge is 0.264 e. The van der Waals surface area contributed by atoms with E-state index in [1.54, 1.807) is 30.5 Å². The Morgan fingerprint density at radius 1 is 0.929 bits per heavy atom. The molecule has 0 radical (unpaired) electrons. The van der Waals surface area contributed by atoms with Crippen LogP contribution in [-0.2, 0) is 0 Å². The second kappa shape index (κ2) is 8.43. The van der Waals surface area contributed by atoms with Gasteiger partial charge in [-0.05, 0) is 55.3 Å². The normalized spacial score (nSPS) is 10.3. The zero-order valence-corrected chi connectivity index (χ0v) is 16.4. The highest BCUT2D eigenvalue weighted by Crippen LogP contribution is 2.29. The number of nitrogens with one attached hydrogen (secondary N) is 2. The van der Waals surface area contributed by atoms with Crippen LogP contribution in [0.25, 0.3) is 0 Å². The molecule has 0 saturated carbocycles. The molecule has 2 aromatic carbocycles. The lowest BCUT2D eigenvalue weighted by molar-refractivity contribution is 0.102. The average molecular weight is 377 g/mol. The van der Waals surface area contributed by atoms with E-state index in [2.05, 4.69) is 35.5 Å². The number of carbonyl (C=O) groups is 1. The molecule has 0 fully saturated rings. The minimum absolute atomic E-state index is 0.326. The molecule has 6 nitrogen and oxygen atoms in total. The molecule has 0 unspecified atom stereocenters. The highest BCUT2D eigenvalue weighted by molar-refractivity contribution is 6.07. The second-order valence-electron chi connectivity index (χ2n) is 6.30. The summed E-state index contributed by atoms with van der Waals surface area (Å²) in [5, 5.41) is 6.13. The first-order chi connectivity index (χ1) is 13.5. The molecule has 1 aromatic heterocycles. The number of carbonyl (C=O) groups excluding carboxylic acids is 1. The number of benzene rings is 2. The Morgan fingerprint density at radius 2 is 1.61 bits per heavy atom. The molecule has 6 heteroatoms. The van der Waals surface area contributed by atoms with Gasteiger partial charge in [-0.25, -0.2) is 4.98 Å². The van der Waals surface area contributed by atoms with Gasteiger partial charge in [-0.3, -0.25) is 4.79 Å². The van der Waals surface area contributed by atoms with Crippen molar-refractivity contribution in [2.24, 2.45) is 0 Å². The van der Waals surface area contributed by atoms with Gasteiger partial charge in [-0.1, -0.05) is 18.2 Å². The maximum atomic E-state index is 12.7. The summed E-state index contributed by atoms with van der Waals surface area (Å²) < 4.78 is 10.6. The van der Waals surface area contributed by atoms with Crippen LogP contribution in [-0.4, -0.2) is 25.1 Å². The van der Waals surface area contributed by atoms with Crippen LogP contribution in [0.3, 0.4) is 0 Å². The average Bonchev–Trinajstić information content (AvgIpc) is 2.72. The van der Waals surface area contributed by atoms with Gasteiger partial charge in [-0.15, -0.1) is 0 Å². The Hall–Kier alpha value is -3.54. The SMILES string of the molecule is COc1cccc(OC)c1C(=O)Nc1ccc(Nc2cccc(C)c2C)cn1. The van der Waals surface area contributed by atoms with Crippen molar-refractivity contribution in [1.29, 1.82) is 0 Å². The molecule has 3 rings (SSSR count). The lowest BCUT2D eigenvalue weighted by Crippen LogP contribution is -2.15. The van der Waals surface area contributed by atoms with E-state index in [1.807, 2.05) is 18.2 Å². The molecule has 1 heterocycles. The molecular weight excluding hydrogens is 354 g/mol. The predicted molar refractivity (Wildman–Crippen MR) is 111 cm³/mol. The molecule has 0 spiro atoms. The third-order valence-corrected chi connectivity index (χ3v) is 4.54. The summed E-state index contributed by atoms with van der Waals surface area (Å²) in [5.74, 6) is 0.955. The third-order valence-electron chi connectivity index (χ3n) is 4.54. The van der Waals surface area contributed by atoms with Crippen LogP contribution in [0.4, 0.5) is 17.2 Å². The molecule has 0 aliphatic heterocycles. The summed E-state index contributed by atoms with van der Waals surface area (Å²) in [6, 6.07) is 14.9. The van der Waals surface area contributed by atoms with Crippen molar-refractivity contribution < 1.29 is 14.3 Å². The number of nitrogens with zero attached hydrogens (tertiary/aromatic N) is 1. The van der Waals surface area contributed by atoms with E-state index in [0.717, 1.165) is 11.4 Å². The number of anilines is 3.